The summed E-state index contributed by atoms with van der Waals surface area (Å²) in [6.07, 6.45) is 1.93. The number of hydrogen-bond acceptors (Lipinski definition) is 16. The van der Waals surface area contributed by atoms with Gasteiger partial charge < -0.3 is 59.9 Å². The van der Waals surface area contributed by atoms with E-state index in [2.05, 4.69) is 50.0 Å². The summed E-state index contributed by atoms with van der Waals surface area (Å²) in [5.74, 6) is -2.03. The number of nitrogens with zero attached hydrogens (tertiary/aromatic N) is 4. The predicted molar refractivity (Wildman–Crippen MR) is 274 cm³/mol. The van der Waals surface area contributed by atoms with Crippen LogP contribution in [-0.4, -0.2) is 158 Å². The van der Waals surface area contributed by atoms with Crippen LogP contribution in [0.5, 0.6) is 0 Å². The average molecular weight is 1050 g/mol. The van der Waals surface area contributed by atoms with Gasteiger partial charge in [0.15, 0.2) is 5.82 Å². The van der Waals surface area contributed by atoms with Crippen LogP contribution in [0, 0.1) is 19.7 Å². The number of anilines is 1. The van der Waals surface area contributed by atoms with Crippen LogP contribution in [-0.2, 0) is 67.5 Å². The first-order valence-corrected chi connectivity index (χ1v) is 24.0. The van der Waals surface area contributed by atoms with Gasteiger partial charge in [-0.2, -0.15) is 0 Å². The van der Waals surface area contributed by atoms with Crippen LogP contribution in [0.4, 0.5) is 14.9 Å². The molecule has 0 saturated carbocycles. The van der Waals surface area contributed by atoms with Gasteiger partial charge in [0.1, 0.15) is 12.9 Å². The lowest BCUT2D eigenvalue weighted by Crippen LogP contribution is -2.38. The SMILES string of the molecule is CC.CCNC(=O)CNC(=O)CCOCCOCCOCCN(C)C(=O)/C=C\C=O.Cc1cc2n(c(=O)c1COC(=O)O)Cc1c-2nc2cc(F)c(N(O)CCNC(=O)CNC=O)cc2c1CO.Cc1ccccc1. The monoisotopic (exact) mass is 1050 g/mol. The maximum absolute atomic E-state index is 15.0. The minimum Gasteiger partial charge on any atom is -0.450 e. The van der Waals surface area contributed by atoms with E-state index in [4.69, 9.17) is 19.3 Å². The number of carboxylic acid groups (broad SMARTS) is 1. The van der Waals surface area contributed by atoms with E-state index in [1.165, 1.54) is 27.2 Å². The molecule has 0 saturated heterocycles. The summed E-state index contributed by atoms with van der Waals surface area (Å²) in [5.41, 5.74) is 3.22. The first-order chi connectivity index (χ1) is 36.1. The number of carbonyl (C=O) groups is 7. The van der Waals surface area contributed by atoms with Gasteiger partial charge in [-0.25, -0.2) is 14.2 Å². The van der Waals surface area contributed by atoms with Gasteiger partial charge in [-0.05, 0) is 50.1 Å². The van der Waals surface area contributed by atoms with Crippen molar-refractivity contribution in [2.45, 2.75) is 60.8 Å². The van der Waals surface area contributed by atoms with E-state index in [1.807, 2.05) is 32.0 Å². The molecule has 410 valence electrons. The first-order valence-electron chi connectivity index (χ1n) is 24.0. The van der Waals surface area contributed by atoms with Gasteiger partial charge in [-0.3, -0.25) is 43.8 Å². The lowest BCUT2D eigenvalue weighted by Gasteiger charge is -2.19. The van der Waals surface area contributed by atoms with Gasteiger partial charge in [0.05, 0.1) is 101 Å². The molecule has 2 aromatic carbocycles. The molecule has 1 aliphatic heterocycles. The molecule has 0 bridgehead atoms. The van der Waals surface area contributed by atoms with Gasteiger partial charge in [-0.15, -0.1) is 0 Å². The molecule has 5 rings (SSSR count). The van der Waals surface area contributed by atoms with E-state index in [0.29, 0.717) is 97.3 Å². The van der Waals surface area contributed by atoms with Crippen molar-refractivity contribution in [3.63, 3.8) is 0 Å². The van der Waals surface area contributed by atoms with E-state index >= 15 is 0 Å². The van der Waals surface area contributed by atoms with Crippen LogP contribution < -0.4 is 31.9 Å². The Hall–Kier alpha value is -7.64. The molecule has 7 N–H and O–H groups in total. The van der Waals surface area contributed by atoms with Crippen LogP contribution in [0.1, 0.15) is 55.0 Å². The number of amides is 5. The minimum atomic E-state index is -1.51. The summed E-state index contributed by atoms with van der Waals surface area (Å²) in [6.45, 7) is 11.2. The number of benzene rings is 2. The fourth-order valence-corrected chi connectivity index (χ4v) is 6.72. The van der Waals surface area contributed by atoms with Gasteiger partial charge >= 0.3 is 6.16 Å². The average Bonchev–Trinajstić information content (AvgIpc) is 3.75. The number of hydroxylamine groups is 1. The number of ether oxygens (including phenoxy) is 4. The first kappa shape index (κ1) is 63.5. The van der Waals surface area contributed by atoms with Crippen molar-refractivity contribution in [3.8, 4) is 11.4 Å². The number of rotatable bonds is 27. The van der Waals surface area contributed by atoms with Crippen LogP contribution in [0.3, 0.4) is 0 Å². The Bertz CT molecular complexity index is 2580. The molecule has 2 aromatic heterocycles. The van der Waals surface area contributed by atoms with Crippen molar-refractivity contribution in [3.05, 3.63) is 105 Å². The molecule has 0 radical (unpaired) electrons. The number of nitrogens with one attached hydrogen (secondary N) is 4. The molecule has 1 aliphatic rings. The third kappa shape index (κ3) is 22.2. The molecule has 23 nitrogen and oxygen atoms in total. The summed E-state index contributed by atoms with van der Waals surface area (Å²) in [4.78, 5) is 96.0. The minimum absolute atomic E-state index is 0.0326. The van der Waals surface area contributed by atoms with Crippen LogP contribution >= 0.6 is 0 Å². The summed E-state index contributed by atoms with van der Waals surface area (Å²) in [7, 11) is 1.62. The zero-order valence-electron chi connectivity index (χ0n) is 43.1. The predicted octanol–water partition coefficient (Wildman–Crippen LogP) is 2.53. The molecule has 0 atom stereocenters. The van der Waals surface area contributed by atoms with Crippen molar-refractivity contribution in [1.82, 2.24) is 35.7 Å². The summed E-state index contributed by atoms with van der Waals surface area (Å²) in [5, 5.41) is 40.2. The number of halogens is 1. The number of aryl methyl sites for hydroxylation is 2. The summed E-state index contributed by atoms with van der Waals surface area (Å²) < 4.78 is 36.9. The van der Waals surface area contributed by atoms with Crippen molar-refractivity contribution in [2.24, 2.45) is 0 Å². The molecular formula is C51H69FN8O15. The van der Waals surface area contributed by atoms with E-state index in [9.17, 15) is 53.1 Å². The topological polar surface area (TPSA) is 307 Å². The second-order valence-corrected chi connectivity index (χ2v) is 15.7. The highest BCUT2D eigenvalue weighted by Gasteiger charge is 2.28. The number of aliphatic hydroxyl groups excluding tert-OH is 1. The Balaban J connectivity index is 0.000000456. The largest absolute Gasteiger partial charge is 0.506 e. The van der Waals surface area contributed by atoms with Crippen molar-refractivity contribution >= 4 is 59.1 Å². The standard InChI is InChI=1S/C24H24FN5O8.C18H31N3O7.C7H8.C2H6/c1-12-4-20-22-14(8-29(20)23(34)16(12)10-38-24(35)36)15(9-31)13-5-19(17(25)6-18(13)28-22)30(37)3-2-27-21(33)7-26-11-32;1-3-19-17(24)15-20-16(23)6-9-26-11-13-28-14-12-27-10-7-21(2)18(25)5-4-8-22;1-7-5-3-2-4-6-7;1-2/h4-6,11,31,37H,2-3,7-10H2,1H3,(H,26,32)(H,27,33)(H,35,36);4-5,8H,3,6-7,9-15H2,1-2H3,(H,19,24)(H,20,23);2-6H,1H3;1-2H3/b;5-4-;;. The fourth-order valence-electron chi connectivity index (χ4n) is 6.72. The highest BCUT2D eigenvalue weighted by molar-refractivity contribution is 5.91. The number of pyridine rings is 2. The van der Waals surface area contributed by atoms with E-state index < -0.39 is 36.7 Å². The lowest BCUT2D eigenvalue weighted by molar-refractivity contribution is -0.126. The van der Waals surface area contributed by atoms with Crippen molar-refractivity contribution < 1.29 is 72.3 Å². The molecular weight excluding hydrogens is 984 g/mol. The Morgan fingerprint density at radius 3 is 2.11 bits per heavy atom. The molecule has 4 aromatic rings. The van der Waals surface area contributed by atoms with E-state index in [0.717, 1.165) is 12.1 Å². The number of fused-ring (bicyclic) bond motifs is 4. The number of likely N-dealkylation sites (N-methyl/N-ethyl adjacent to an activating group) is 2. The van der Waals surface area contributed by atoms with Gasteiger partial charge in [0.2, 0.25) is 30.0 Å². The third-order valence-corrected chi connectivity index (χ3v) is 10.5. The zero-order valence-corrected chi connectivity index (χ0v) is 43.1. The number of carbonyl (C=O) groups excluding carboxylic acids is 6. The normalized spacial score (nSPS) is 10.7. The quantitative estimate of drug-likeness (QED) is 0.0131. The van der Waals surface area contributed by atoms with Gasteiger partial charge in [0, 0.05) is 56.2 Å². The highest BCUT2D eigenvalue weighted by atomic mass is 19.1. The lowest BCUT2D eigenvalue weighted by atomic mass is 10.00. The van der Waals surface area contributed by atoms with Crippen LogP contribution in [0.2, 0.25) is 0 Å². The Kier molecular flexibility index (Phi) is 30.0. The third-order valence-electron chi connectivity index (χ3n) is 10.5. The highest BCUT2D eigenvalue weighted by Crippen LogP contribution is 2.37. The molecule has 75 heavy (non-hydrogen) atoms. The number of allylic oxidation sites excluding steroid dienone is 1. The number of hydrogen-bond donors (Lipinski definition) is 7. The number of aldehydes is 1. The van der Waals surface area contributed by atoms with E-state index in [-0.39, 0.29) is 80.2 Å². The molecule has 5 amide bonds. The summed E-state index contributed by atoms with van der Waals surface area (Å²) in [6, 6.07) is 14.3. The maximum Gasteiger partial charge on any atom is 0.506 e. The Morgan fingerprint density at radius 1 is 0.853 bits per heavy atom. The van der Waals surface area contributed by atoms with Crippen molar-refractivity contribution in [1.29, 1.82) is 0 Å². The second-order valence-electron chi connectivity index (χ2n) is 15.7. The number of aliphatic hydroxyl groups is 1. The van der Waals surface area contributed by atoms with E-state index in [1.54, 1.807) is 27.0 Å². The molecule has 0 unspecified atom stereocenters. The maximum atomic E-state index is 15.0. The zero-order chi connectivity index (χ0) is 55.7. The van der Waals surface area contributed by atoms with Crippen LogP contribution in [0.25, 0.3) is 22.3 Å². The molecule has 0 spiro atoms. The molecule has 24 heteroatoms. The van der Waals surface area contributed by atoms with Crippen LogP contribution in [0.15, 0.2) is 65.5 Å². The van der Waals surface area contributed by atoms with Gasteiger partial charge in [-0.1, -0.05) is 49.7 Å². The van der Waals surface area contributed by atoms with Gasteiger partial charge in [0.25, 0.3) is 5.56 Å². The number of aromatic nitrogens is 2. The second kappa shape index (κ2) is 35.5. The smallest absolute Gasteiger partial charge is 0.450 e. The fraction of sp³-hybridized carbons (Fsp3) is 0.431. The summed E-state index contributed by atoms with van der Waals surface area (Å²) >= 11 is 0. The Labute approximate surface area is 433 Å². The molecule has 0 aliphatic carbocycles. The van der Waals surface area contributed by atoms with Crippen molar-refractivity contribution in [2.75, 3.05) is 91.0 Å². The Morgan fingerprint density at radius 2 is 1.51 bits per heavy atom. The molecule has 0 fully saturated rings. The molecule has 3 heterocycles.